The van der Waals surface area contributed by atoms with Gasteiger partial charge in [0.05, 0.1) is 0 Å². The minimum Gasteiger partial charge on any atom is -0.0772 e. The van der Waals surface area contributed by atoms with Crippen LogP contribution in [0, 0.1) is 17.1 Å². The summed E-state index contributed by atoms with van der Waals surface area (Å²) in [5.41, 5.74) is 0. The molecule has 0 aliphatic carbocycles. The van der Waals surface area contributed by atoms with Gasteiger partial charge in [0.1, 0.15) is 0 Å². The first-order chi connectivity index (χ1) is 1.41. The maximum atomic E-state index is 7.88. The summed E-state index contributed by atoms with van der Waals surface area (Å²) < 4.78 is 1.75. The Labute approximate surface area is 23.7 Å². The molecule has 0 amide bonds. The standard InChI is InChI=1S/C.O3/c;1-3-2. The molecule has 0 aromatic heterocycles. The van der Waals surface area contributed by atoms with E-state index < -0.39 is 0 Å². The third-order valence-electron chi connectivity index (χ3n) is 0. The second-order valence-corrected chi connectivity index (χ2v) is 0.0680. The molecule has 0 aliphatic heterocycles. The van der Waals surface area contributed by atoms with Crippen molar-refractivity contribution in [2.75, 3.05) is 0 Å². The van der Waals surface area contributed by atoms with E-state index in [-0.39, 0.29) is 7.43 Å². The molecule has 0 atom stereocenters. The van der Waals surface area contributed by atoms with Crippen LogP contribution in [-0.2, 0) is 0 Å². The van der Waals surface area contributed by atoms with Gasteiger partial charge in [0.2, 0.25) is 0 Å². The molecule has 0 aromatic carbocycles. The molecule has 0 bridgehead atoms. The van der Waals surface area contributed by atoms with Gasteiger partial charge in [0.15, 0.2) is 4.75 Å². The molecule has 0 aromatic rings. The molecule has 0 fully saturated rings. The largest absolute Gasteiger partial charge is 0.154 e. The second kappa shape index (κ2) is 29.4. The molecule has 3 heteroatoms. The van der Waals surface area contributed by atoms with E-state index in [4.69, 9.17) is 10.2 Å². The number of rotatable bonds is 0. The first-order valence-electron chi connectivity index (χ1n) is 0.333. The van der Waals surface area contributed by atoms with Gasteiger partial charge in [-0.25, -0.2) is 0 Å². The first-order valence-corrected chi connectivity index (χ1v) is 0.333. The lowest BCUT2D eigenvalue weighted by Crippen LogP contribution is -1.82. The molecular formula is CO3. The van der Waals surface area contributed by atoms with Crippen molar-refractivity contribution in [3.8, 4) is 0 Å². The van der Waals surface area contributed by atoms with E-state index in [2.05, 4.69) is 0 Å². The van der Waals surface area contributed by atoms with Crippen molar-refractivity contribution in [1.29, 1.82) is 0 Å². The van der Waals surface area contributed by atoms with Gasteiger partial charge in [-0.3, -0.25) is 0 Å². The van der Waals surface area contributed by atoms with Crippen LogP contribution in [0.15, 0.2) is 0 Å². The highest BCUT2D eigenvalue weighted by molar-refractivity contribution is 4.20. The molecule has 0 spiro atoms. The van der Waals surface area contributed by atoms with Crippen molar-refractivity contribution in [1.82, 2.24) is 0 Å². The lowest BCUT2D eigenvalue weighted by Gasteiger charge is -1.19. The second-order valence-electron chi connectivity index (χ2n) is 0.0680. The minimum atomic E-state index is 0. The fourth-order valence-electron chi connectivity index (χ4n) is 0. The maximum absolute atomic E-state index is 7.88. The Morgan fingerprint density at radius 1 is 1.75 bits per heavy atom. The highest BCUT2D eigenvalue weighted by Crippen LogP contribution is 1.00. The fraction of sp³-hybridized carbons (Fsp3) is 0. The van der Waals surface area contributed by atoms with Crippen molar-refractivity contribution in [3.63, 3.8) is 0 Å². The smallest absolute Gasteiger partial charge is 0.0772 e. The highest BCUT2D eigenvalue weighted by atomic mass is 17.2. The van der Waals surface area contributed by atoms with E-state index in [0.29, 0.717) is 0 Å². The van der Waals surface area contributed by atoms with Gasteiger partial charge < -0.3 is 0 Å². The predicted molar refractivity (Wildman–Crippen MR) is 9.98 cm³/mol. The monoisotopic (exact) mass is 60.0 g/mol. The van der Waals surface area contributed by atoms with Crippen LogP contribution < -0.4 is 5.26 Å². The summed E-state index contributed by atoms with van der Waals surface area (Å²) in [6, 6.07) is 0. The predicted octanol–water partition coefficient (Wildman–Crippen LogP) is -1.04. The molecule has 0 rings (SSSR count). The number of hydrogen-bond donors (Lipinski definition) is 0. The summed E-state index contributed by atoms with van der Waals surface area (Å²) in [5, 5.41) is 7.88. The van der Waals surface area contributed by atoms with E-state index in [1.54, 1.807) is 4.75 Å². The lowest BCUT2D eigenvalue weighted by molar-refractivity contribution is -0.284. The zero-order valence-corrected chi connectivity index (χ0v) is 1.72. The third-order valence-corrected chi connectivity index (χ3v) is 0. The molecule has 0 heterocycles. The van der Waals surface area contributed by atoms with Crippen LogP contribution in [0.1, 0.15) is 0 Å². The Balaban J connectivity index is 0. The molecule has 0 saturated carbocycles. The Kier molecular flexibility index (Phi) is 73.4. The van der Waals surface area contributed by atoms with Crippen LogP contribution in [-0.4, -0.2) is 0 Å². The molecule has 0 saturated heterocycles. The van der Waals surface area contributed by atoms with Gasteiger partial charge in [0, 0.05) is 7.43 Å². The normalized spacial score (nSPS) is 3.00. The Bertz CT molecular complexity index is 10.8. The van der Waals surface area contributed by atoms with Crippen LogP contribution >= 0.6 is 0 Å². The summed E-state index contributed by atoms with van der Waals surface area (Å²) in [6.45, 7) is 0. The van der Waals surface area contributed by atoms with Gasteiger partial charge in [-0.15, -0.1) is 0 Å². The summed E-state index contributed by atoms with van der Waals surface area (Å²) in [5.74, 6) is 0. The van der Waals surface area contributed by atoms with Crippen LogP contribution in [0.5, 0.6) is 0 Å². The molecule has 4 heavy (non-hydrogen) atoms. The van der Waals surface area contributed by atoms with E-state index in [9.17, 15) is 0 Å². The van der Waals surface area contributed by atoms with Crippen molar-refractivity contribution in [2.45, 2.75) is 0 Å². The Morgan fingerprint density at radius 3 is 1.75 bits per heavy atom. The van der Waals surface area contributed by atoms with Crippen molar-refractivity contribution < 1.29 is 5.26 Å². The van der Waals surface area contributed by atoms with Gasteiger partial charge in [0.25, 0.3) is 0 Å². The average Bonchev–Trinajstić information content (AvgIpc) is 0.918. The van der Waals surface area contributed by atoms with Crippen LogP contribution in [0.3, 0.4) is 0 Å². The average molecular weight is 60.0 g/mol. The van der Waals surface area contributed by atoms with Crippen LogP contribution in [0.4, 0.5) is 0 Å². The summed E-state index contributed by atoms with van der Waals surface area (Å²) in [6.07, 6.45) is 0. The zero-order valence-electron chi connectivity index (χ0n) is 1.72. The number of hydrogen-bond acceptors (Lipinski definition) is 2. The summed E-state index contributed by atoms with van der Waals surface area (Å²) in [4.78, 5) is 7.88. The maximum Gasteiger partial charge on any atom is 0.154 e. The molecular weight excluding hydrogens is 60.0 g/mol. The van der Waals surface area contributed by atoms with E-state index in [1.165, 1.54) is 0 Å². The highest BCUT2D eigenvalue weighted by Gasteiger charge is 1.27. The molecule has 0 aliphatic rings. The van der Waals surface area contributed by atoms with Crippen molar-refractivity contribution in [2.24, 2.45) is 0 Å². The van der Waals surface area contributed by atoms with E-state index in [1.807, 2.05) is 0 Å². The quantitative estimate of drug-likeness (QED) is 0.203. The zero-order chi connectivity index (χ0) is 2.71. The molecule has 22 valence electrons. The van der Waals surface area contributed by atoms with E-state index >= 15 is 0 Å². The Morgan fingerprint density at radius 2 is 1.75 bits per heavy atom. The van der Waals surface area contributed by atoms with Gasteiger partial charge in [-0.2, -0.15) is 0 Å². The van der Waals surface area contributed by atoms with Crippen molar-refractivity contribution in [3.05, 3.63) is 17.1 Å². The van der Waals surface area contributed by atoms with Gasteiger partial charge in [-0.1, -0.05) is 10.2 Å². The topological polar surface area (TPSA) is 51.4 Å². The fourth-order valence-corrected chi connectivity index (χ4v) is 0. The minimum absolute atomic E-state index is 0. The Hall–Kier alpha value is -0.600. The van der Waals surface area contributed by atoms with Gasteiger partial charge >= 0.3 is 0 Å². The van der Waals surface area contributed by atoms with Crippen molar-refractivity contribution >= 4 is 0 Å². The van der Waals surface area contributed by atoms with Crippen LogP contribution in [0.25, 0.3) is 0 Å². The third kappa shape index (κ3) is 0.622. The molecule has 0 unspecified atom stereocenters. The van der Waals surface area contributed by atoms with E-state index in [0.717, 1.165) is 0 Å². The van der Waals surface area contributed by atoms with Gasteiger partial charge in [-0.05, 0) is 0 Å². The van der Waals surface area contributed by atoms with Crippen LogP contribution in [0.2, 0.25) is 0 Å². The first kappa shape index (κ1) is 9.99. The SMILES string of the molecule is O=[O+][O-].[C]. The molecule has 0 N–H and O–H groups in total. The summed E-state index contributed by atoms with van der Waals surface area (Å²) in [7, 11) is 0. The molecule has 3 nitrogen and oxygen atoms in total. The summed E-state index contributed by atoms with van der Waals surface area (Å²) >= 11 is 0. The molecule has 4 radical (unpaired) electrons. The lowest BCUT2D eigenvalue weighted by atomic mass is 12.0.